The minimum atomic E-state index is -0.369. The van der Waals surface area contributed by atoms with Crippen molar-refractivity contribution in [2.45, 2.75) is 0 Å². The molecular formula is C13H8FN3O. The number of benzene rings is 1. The van der Waals surface area contributed by atoms with Crippen molar-refractivity contribution in [1.82, 2.24) is 14.4 Å². The van der Waals surface area contributed by atoms with Crippen LogP contribution in [0.4, 0.5) is 4.39 Å². The molecule has 0 fully saturated rings. The van der Waals surface area contributed by atoms with E-state index in [1.54, 1.807) is 22.9 Å². The smallest absolute Gasteiger partial charge is 0.234 e. The lowest BCUT2D eigenvalue weighted by Gasteiger charge is -2.00. The van der Waals surface area contributed by atoms with Crippen molar-refractivity contribution in [3.63, 3.8) is 0 Å². The second-order valence-electron chi connectivity index (χ2n) is 3.77. The highest BCUT2D eigenvalue weighted by Gasteiger charge is 2.14. The molecule has 0 aliphatic heterocycles. The second-order valence-corrected chi connectivity index (χ2v) is 3.77. The van der Waals surface area contributed by atoms with Crippen LogP contribution in [0.5, 0.6) is 0 Å². The molecule has 3 aromatic rings. The molecule has 88 valence electrons. The van der Waals surface area contributed by atoms with Gasteiger partial charge in [-0.2, -0.15) is 0 Å². The van der Waals surface area contributed by atoms with Crippen LogP contribution in [0.3, 0.4) is 0 Å². The highest BCUT2D eigenvalue weighted by molar-refractivity contribution is 6.08. The third kappa shape index (κ3) is 1.66. The fraction of sp³-hybridized carbons (Fsp3) is 0. The zero-order valence-electron chi connectivity index (χ0n) is 9.25. The van der Waals surface area contributed by atoms with Gasteiger partial charge in [0.05, 0.1) is 6.20 Å². The molecule has 2 aromatic heterocycles. The van der Waals surface area contributed by atoms with Crippen LogP contribution in [-0.2, 0) is 0 Å². The lowest BCUT2D eigenvalue weighted by atomic mass is 10.1. The van der Waals surface area contributed by atoms with E-state index in [4.69, 9.17) is 0 Å². The van der Waals surface area contributed by atoms with Gasteiger partial charge in [-0.1, -0.05) is 0 Å². The maximum absolute atomic E-state index is 12.8. The predicted octanol–water partition coefficient (Wildman–Crippen LogP) is 2.10. The van der Waals surface area contributed by atoms with Gasteiger partial charge in [0.15, 0.2) is 0 Å². The van der Waals surface area contributed by atoms with Crippen molar-refractivity contribution in [2.75, 3.05) is 0 Å². The minimum absolute atomic E-state index is 0.212. The van der Waals surface area contributed by atoms with E-state index in [0.717, 1.165) is 0 Å². The largest absolute Gasteiger partial charge is 0.287 e. The van der Waals surface area contributed by atoms with Gasteiger partial charge >= 0.3 is 0 Å². The lowest BCUT2D eigenvalue weighted by molar-refractivity contribution is 0.103. The van der Waals surface area contributed by atoms with Crippen LogP contribution < -0.4 is 0 Å². The van der Waals surface area contributed by atoms with Crippen LogP contribution in [0.25, 0.3) is 5.78 Å². The highest BCUT2D eigenvalue weighted by Crippen LogP contribution is 2.11. The van der Waals surface area contributed by atoms with E-state index in [1.165, 1.54) is 30.5 Å². The molecule has 3 rings (SSSR count). The van der Waals surface area contributed by atoms with Gasteiger partial charge in [0.25, 0.3) is 0 Å². The fourth-order valence-corrected chi connectivity index (χ4v) is 1.74. The third-order valence-corrected chi connectivity index (χ3v) is 2.63. The quantitative estimate of drug-likeness (QED) is 0.645. The normalized spacial score (nSPS) is 10.7. The summed E-state index contributed by atoms with van der Waals surface area (Å²) in [5.41, 5.74) is 0.826. The number of hydrogen-bond acceptors (Lipinski definition) is 3. The number of halogens is 1. The number of aromatic nitrogens is 3. The molecule has 1 aromatic carbocycles. The van der Waals surface area contributed by atoms with Crippen LogP contribution >= 0.6 is 0 Å². The van der Waals surface area contributed by atoms with Crippen LogP contribution in [0, 0.1) is 5.82 Å². The molecule has 0 N–H and O–H groups in total. The van der Waals surface area contributed by atoms with E-state index in [0.29, 0.717) is 17.0 Å². The first-order valence-corrected chi connectivity index (χ1v) is 5.34. The maximum Gasteiger partial charge on any atom is 0.234 e. The van der Waals surface area contributed by atoms with Gasteiger partial charge in [-0.05, 0) is 30.3 Å². The zero-order valence-corrected chi connectivity index (χ0v) is 9.25. The molecule has 0 saturated heterocycles. The molecular weight excluding hydrogens is 233 g/mol. The SMILES string of the molecule is O=C(c1ccc(F)cc1)c1cnc2ncccn12. The second kappa shape index (κ2) is 4.03. The van der Waals surface area contributed by atoms with Gasteiger partial charge in [-0.25, -0.2) is 14.4 Å². The van der Waals surface area contributed by atoms with Gasteiger partial charge in [-0.3, -0.25) is 9.20 Å². The van der Waals surface area contributed by atoms with Crippen molar-refractivity contribution in [3.8, 4) is 0 Å². The first-order chi connectivity index (χ1) is 8.75. The number of carbonyl (C=O) groups is 1. The van der Waals surface area contributed by atoms with Crippen molar-refractivity contribution in [3.05, 3.63) is 66.0 Å². The Morgan fingerprint density at radius 1 is 1.17 bits per heavy atom. The van der Waals surface area contributed by atoms with Gasteiger partial charge in [0.2, 0.25) is 11.6 Å². The Labute approximate surface area is 102 Å². The first-order valence-electron chi connectivity index (χ1n) is 5.34. The molecule has 0 unspecified atom stereocenters. The number of hydrogen-bond donors (Lipinski definition) is 0. The van der Waals surface area contributed by atoms with E-state index in [2.05, 4.69) is 9.97 Å². The molecule has 0 bridgehead atoms. The Morgan fingerprint density at radius 3 is 2.72 bits per heavy atom. The molecule has 0 amide bonds. The van der Waals surface area contributed by atoms with Gasteiger partial charge in [-0.15, -0.1) is 0 Å². The molecule has 0 aliphatic rings. The summed E-state index contributed by atoms with van der Waals surface area (Å²) in [6, 6.07) is 7.14. The first kappa shape index (κ1) is 10.6. The van der Waals surface area contributed by atoms with Crippen molar-refractivity contribution >= 4 is 11.6 Å². The highest BCUT2D eigenvalue weighted by atomic mass is 19.1. The topological polar surface area (TPSA) is 47.3 Å². The van der Waals surface area contributed by atoms with E-state index in [1.807, 2.05) is 0 Å². The van der Waals surface area contributed by atoms with E-state index < -0.39 is 0 Å². The van der Waals surface area contributed by atoms with E-state index >= 15 is 0 Å². The summed E-state index contributed by atoms with van der Waals surface area (Å²) in [5, 5.41) is 0. The molecule has 0 atom stereocenters. The molecule has 0 aliphatic carbocycles. The molecule has 0 spiro atoms. The number of ketones is 1. The number of imidazole rings is 1. The molecule has 5 heteroatoms. The average Bonchev–Trinajstić information content (AvgIpc) is 2.82. The van der Waals surface area contributed by atoms with E-state index in [-0.39, 0.29) is 11.6 Å². The van der Waals surface area contributed by atoms with Crippen molar-refractivity contribution in [2.24, 2.45) is 0 Å². The number of nitrogens with zero attached hydrogens (tertiary/aromatic N) is 3. The molecule has 4 nitrogen and oxygen atoms in total. The third-order valence-electron chi connectivity index (χ3n) is 2.63. The summed E-state index contributed by atoms with van der Waals surface area (Å²) in [6.07, 6.45) is 4.79. The standard InChI is InChI=1S/C13H8FN3O/c14-10-4-2-9(3-5-10)12(18)11-8-16-13-15-6-1-7-17(11)13/h1-8H. The summed E-state index contributed by atoms with van der Waals surface area (Å²) in [6.45, 7) is 0. The maximum atomic E-state index is 12.8. The summed E-state index contributed by atoms with van der Waals surface area (Å²) >= 11 is 0. The summed E-state index contributed by atoms with van der Waals surface area (Å²) in [7, 11) is 0. The monoisotopic (exact) mass is 241 g/mol. The van der Waals surface area contributed by atoms with Gasteiger partial charge in [0.1, 0.15) is 11.5 Å². The van der Waals surface area contributed by atoms with Crippen LogP contribution in [0.1, 0.15) is 16.1 Å². The molecule has 2 heterocycles. The Hall–Kier alpha value is -2.56. The Balaban J connectivity index is 2.09. The minimum Gasteiger partial charge on any atom is -0.287 e. The Kier molecular flexibility index (Phi) is 2.37. The van der Waals surface area contributed by atoms with Crippen LogP contribution in [0.2, 0.25) is 0 Å². The fourth-order valence-electron chi connectivity index (χ4n) is 1.74. The lowest BCUT2D eigenvalue weighted by Crippen LogP contribution is -2.05. The Morgan fingerprint density at radius 2 is 1.94 bits per heavy atom. The van der Waals surface area contributed by atoms with Gasteiger partial charge < -0.3 is 0 Å². The molecule has 18 heavy (non-hydrogen) atoms. The summed E-state index contributed by atoms with van der Waals surface area (Å²) in [4.78, 5) is 20.3. The number of carbonyl (C=O) groups excluding carboxylic acids is 1. The summed E-state index contributed by atoms with van der Waals surface area (Å²) in [5.74, 6) is -0.121. The van der Waals surface area contributed by atoms with Crippen molar-refractivity contribution in [1.29, 1.82) is 0 Å². The Bertz CT molecular complexity index is 718. The predicted molar refractivity (Wildman–Crippen MR) is 62.8 cm³/mol. The van der Waals surface area contributed by atoms with Crippen molar-refractivity contribution < 1.29 is 9.18 Å². The summed E-state index contributed by atoms with van der Waals surface area (Å²) < 4.78 is 14.4. The van der Waals surface area contributed by atoms with Crippen LogP contribution in [0.15, 0.2) is 48.9 Å². The molecule has 0 saturated carbocycles. The van der Waals surface area contributed by atoms with Crippen LogP contribution in [-0.4, -0.2) is 20.2 Å². The zero-order chi connectivity index (χ0) is 12.5. The van der Waals surface area contributed by atoms with Gasteiger partial charge in [0, 0.05) is 18.0 Å². The number of fused-ring (bicyclic) bond motifs is 1. The van der Waals surface area contributed by atoms with E-state index in [9.17, 15) is 9.18 Å². The average molecular weight is 241 g/mol. The number of rotatable bonds is 2. The molecule has 0 radical (unpaired) electrons.